The van der Waals surface area contributed by atoms with Crippen LogP contribution in [0.3, 0.4) is 0 Å². The van der Waals surface area contributed by atoms with E-state index in [4.69, 9.17) is 8.92 Å². The summed E-state index contributed by atoms with van der Waals surface area (Å²) in [5, 5.41) is 10.4. The van der Waals surface area contributed by atoms with Gasteiger partial charge in [-0.25, -0.2) is 4.79 Å². The number of amides is 1. The molecular formula is C21H25NO6S. The molecule has 0 aromatic heterocycles. The third-order valence-electron chi connectivity index (χ3n) is 4.93. The molecule has 0 aliphatic carbocycles. The Labute approximate surface area is 171 Å². The average molecular weight is 419 g/mol. The molecule has 0 radical (unpaired) electrons. The Kier molecular flexibility index (Phi) is 6.89. The van der Waals surface area contributed by atoms with Crippen LogP contribution in [0, 0.1) is 12.8 Å². The molecule has 3 rings (SSSR count). The average Bonchev–Trinajstić information content (AvgIpc) is 2.72. The molecule has 2 aromatic rings. The maximum absolute atomic E-state index is 12.3. The number of nitrogens with zero attached hydrogens (tertiary/aromatic N) is 1. The van der Waals surface area contributed by atoms with E-state index in [9.17, 15) is 18.3 Å². The van der Waals surface area contributed by atoms with Gasteiger partial charge in [-0.3, -0.25) is 4.18 Å². The van der Waals surface area contributed by atoms with Gasteiger partial charge in [0, 0.05) is 12.5 Å². The monoisotopic (exact) mass is 419 g/mol. The lowest BCUT2D eigenvalue weighted by Gasteiger charge is -2.34. The first-order valence-corrected chi connectivity index (χ1v) is 10.9. The van der Waals surface area contributed by atoms with Gasteiger partial charge in [0.1, 0.15) is 6.61 Å². The van der Waals surface area contributed by atoms with E-state index >= 15 is 0 Å². The van der Waals surface area contributed by atoms with Gasteiger partial charge in [0.2, 0.25) is 0 Å². The van der Waals surface area contributed by atoms with Crippen LogP contribution in [0.25, 0.3) is 0 Å². The highest BCUT2D eigenvalue weighted by molar-refractivity contribution is 7.86. The summed E-state index contributed by atoms with van der Waals surface area (Å²) in [6, 6.07) is 15.7. The van der Waals surface area contributed by atoms with Gasteiger partial charge >= 0.3 is 6.09 Å². The van der Waals surface area contributed by atoms with Gasteiger partial charge in [-0.2, -0.15) is 8.42 Å². The van der Waals surface area contributed by atoms with Crippen molar-refractivity contribution < 1.29 is 27.2 Å². The van der Waals surface area contributed by atoms with Crippen LogP contribution in [0.15, 0.2) is 59.5 Å². The fraction of sp³-hybridized carbons (Fsp3) is 0.381. The number of β-amino-alcohol motifs (C(OH)–C–C–N with tert-alkyl or cyclic N) is 1. The lowest BCUT2D eigenvalue weighted by molar-refractivity contribution is -0.000415. The Balaban J connectivity index is 1.48. The van der Waals surface area contributed by atoms with Crippen LogP contribution in [0.2, 0.25) is 0 Å². The Morgan fingerprint density at radius 3 is 2.48 bits per heavy atom. The summed E-state index contributed by atoms with van der Waals surface area (Å²) < 4.78 is 35.0. The molecule has 0 bridgehead atoms. The normalized spacial score (nSPS) is 19.7. The number of benzene rings is 2. The number of aryl methyl sites for hydroxylation is 1. The highest BCUT2D eigenvalue weighted by Crippen LogP contribution is 2.22. The lowest BCUT2D eigenvalue weighted by Crippen LogP contribution is -2.48. The summed E-state index contributed by atoms with van der Waals surface area (Å²) in [5.41, 5.74) is 1.83. The summed E-state index contributed by atoms with van der Waals surface area (Å²) >= 11 is 0. The number of carbonyl (C=O) groups is 1. The number of ether oxygens (including phenoxy) is 1. The number of aliphatic hydroxyl groups is 1. The zero-order valence-electron chi connectivity index (χ0n) is 16.2. The van der Waals surface area contributed by atoms with Gasteiger partial charge in [0.15, 0.2) is 0 Å². The molecule has 1 saturated heterocycles. The first kappa shape index (κ1) is 21.3. The molecule has 0 spiro atoms. The second kappa shape index (κ2) is 9.39. The maximum Gasteiger partial charge on any atom is 0.410 e. The van der Waals surface area contributed by atoms with Crippen molar-refractivity contribution in [2.45, 2.75) is 31.0 Å². The predicted molar refractivity (Wildman–Crippen MR) is 107 cm³/mol. The van der Waals surface area contributed by atoms with E-state index in [0.717, 1.165) is 11.1 Å². The number of piperidine rings is 1. The molecule has 1 aliphatic rings. The highest BCUT2D eigenvalue weighted by Gasteiger charge is 2.32. The number of hydrogen-bond donors (Lipinski definition) is 1. The topological polar surface area (TPSA) is 93.1 Å². The van der Waals surface area contributed by atoms with Crippen LogP contribution in [-0.4, -0.2) is 50.3 Å². The Morgan fingerprint density at radius 1 is 1.14 bits per heavy atom. The second-order valence-corrected chi connectivity index (χ2v) is 8.77. The Hall–Kier alpha value is -2.42. The molecule has 2 atom stereocenters. The van der Waals surface area contributed by atoms with Crippen LogP contribution in [0.1, 0.15) is 17.5 Å². The Morgan fingerprint density at radius 2 is 1.83 bits per heavy atom. The molecule has 8 heteroatoms. The quantitative estimate of drug-likeness (QED) is 0.724. The molecule has 1 aliphatic heterocycles. The van der Waals surface area contributed by atoms with Gasteiger partial charge in [-0.1, -0.05) is 48.0 Å². The van der Waals surface area contributed by atoms with E-state index in [1.807, 2.05) is 37.3 Å². The first-order chi connectivity index (χ1) is 13.8. The third-order valence-corrected chi connectivity index (χ3v) is 6.23. The first-order valence-electron chi connectivity index (χ1n) is 9.45. The predicted octanol–water partition coefficient (Wildman–Crippen LogP) is 2.72. The zero-order chi connectivity index (χ0) is 20.9. The van der Waals surface area contributed by atoms with Gasteiger partial charge in [0.05, 0.1) is 24.2 Å². The van der Waals surface area contributed by atoms with Gasteiger partial charge in [-0.15, -0.1) is 0 Å². The van der Waals surface area contributed by atoms with Crippen LogP contribution >= 0.6 is 0 Å². The summed E-state index contributed by atoms with van der Waals surface area (Å²) in [5.74, 6) is -0.381. The van der Waals surface area contributed by atoms with E-state index in [0.29, 0.717) is 13.0 Å². The highest BCUT2D eigenvalue weighted by atomic mass is 32.2. The maximum atomic E-state index is 12.3. The van der Waals surface area contributed by atoms with Gasteiger partial charge in [-0.05, 0) is 31.0 Å². The van der Waals surface area contributed by atoms with E-state index in [1.54, 1.807) is 12.1 Å². The molecule has 29 heavy (non-hydrogen) atoms. The van der Waals surface area contributed by atoms with E-state index in [1.165, 1.54) is 17.0 Å². The minimum Gasteiger partial charge on any atom is -0.445 e. The molecule has 0 saturated carbocycles. The minimum atomic E-state index is -3.89. The number of aliphatic hydroxyl groups excluding tert-OH is 1. The standard InChI is InChI=1S/C21H25NO6S/c1-16-7-9-19(10-8-16)29(25,26)28-15-18-11-12-22(13-20(18)23)21(24)27-14-17-5-3-2-4-6-17/h2-10,18,20,23H,11-15H2,1H3/t18-,20+/m0/s1. The van der Waals surface area contributed by atoms with Crippen LogP contribution < -0.4 is 0 Å². The molecule has 1 amide bonds. The smallest absolute Gasteiger partial charge is 0.410 e. The summed E-state index contributed by atoms with van der Waals surface area (Å²) in [7, 11) is -3.89. The SMILES string of the molecule is Cc1ccc(S(=O)(=O)OC[C@@H]2CCN(C(=O)OCc3ccccc3)C[C@H]2O)cc1. The van der Waals surface area contributed by atoms with E-state index in [2.05, 4.69) is 0 Å². The number of hydrogen-bond acceptors (Lipinski definition) is 6. The van der Waals surface area contributed by atoms with Crippen molar-refractivity contribution in [1.82, 2.24) is 4.90 Å². The third kappa shape index (κ3) is 5.79. The number of rotatable bonds is 6. The molecule has 0 unspecified atom stereocenters. The number of likely N-dealkylation sites (tertiary alicyclic amines) is 1. The minimum absolute atomic E-state index is 0.0756. The van der Waals surface area contributed by atoms with E-state index in [-0.39, 0.29) is 30.6 Å². The second-order valence-electron chi connectivity index (χ2n) is 7.15. The van der Waals surface area contributed by atoms with Crippen molar-refractivity contribution in [3.05, 3.63) is 65.7 Å². The summed E-state index contributed by atoms with van der Waals surface area (Å²) in [4.78, 5) is 13.7. The van der Waals surface area contributed by atoms with Crippen LogP contribution in [-0.2, 0) is 25.6 Å². The molecule has 2 aromatic carbocycles. The largest absolute Gasteiger partial charge is 0.445 e. The molecular weight excluding hydrogens is 394 g/mol. The van der Waals surface area contributed by atoms with Crippen LogP contribution in [0.4, 0.5) is 4.79 Å². The van der Waals surface area contributed by atoms with Gasteiger partial charge < -0.3 is 14.7 Å². The van der Waals surface area contributed by atoms with Crippen molar-refractivity contribution in [2.75, 3.05) is 19.7 Å². The molecule has 1 heterocycles. The Bertz CT molecular complexity index is 914. The van der Waals surface area contributed by atoms with E-state index < -0.39 is 22.3 Å². The molecule has 1 fully saturated rings. The number of carbonyl (C=O) groups excluding carboxylic acids is 1. The van der Waals surface area contributed by atoms with Crippen molar-refractivity contribution in [3.8, 4) is 0 Å². The van der Waals surface area contributed by atoms with Crippen LogP contribution in [0.5, 0.6) is 0 Å². The fourth-order valence-corrected chi connectivity index (χ4v) is 4.06. The molecule has 156 valence electrons. The van der Waals surface area contributed by atoms with Crippen molar-refractivity contribution >= 4 is 16.2 Å². The lowest BCUT2D eigenvalue weighted by atomic mass is 9.95. The fourth-order valence-electron chi connectivity index (χ4n) is 3.10. The van der Waals surface area contributed by atoms with Gasteiger partial charge in [0.25, 0.3) is 10.1 Å². The van der Waals surface area contributed by atoms with Crippen molar-refractivity contribution in [1.29, 1.82) is 0 Å². The van der Waals surface area contributed by atoms with Crippen molar-refractivity contribution in [2.24, 2.45) is 5.92 Å². The summed E-state index contributed by atoms with van der Waals surface area (Å²) in [6.45, 7) is 2.33. The summed E-state index contributed by atoms with van der Waals surface area (Å²) in [6.07, 6.45) is -0.967. The van der Waals surface area contributed by atoms with Crippen molar-refractivity contribution in [3.63, 3.8) is 0 Å². The molecule has 7 nitrogen and oxygen atoms in total. The molecule has 1 N–H and O–H groups in total. The zero-order valence-corrected chi connectivity index (χ0v) is 17.0.